The van der Waals surface area contributed by atoms with Crippen molar-refractivity contribution in [2.75, 3.05) is 18.5 Å². The molecule has 0 aliphatic carbocycles. The second-order valence-corrected chi connectivity index (χ2v) is 7.12. The quantitative estimate of drug-likeness (QED) is 0.663. The first-order chi connectivity index (χ1) is 13.6. The van der Waals surface area contributed by atoms with Gasteiger partial charge in [0, 0.05) is 29.6 Å². The van der Waals surface area contributed by atoms with Gasteiger partial charge in [-0.1, -0.05) is 36.7 Å². The molecule has 0 fully saturated rings. The number of rotatable bonds is 3. The number of ether oxygens (including phenoxy) is 2. The van der Waals surface area contributed by atoms with Gasteiger partial charge in [0.15, 0.2) is 11.5 Å². The van der Waals surface area contributed by atoms with Gasteiger partial charge in [0.05, 0.1) is 35.0 Å². The maximum absolute atomic E-state index is 13.2. The van der Waals surface area contributed by atoms with Crippen molar-refractivity contribution in [2.24, 2.45) is 0 Å². The standard InChI is InChI=1S/C22H21ClN2O3/c1-3-16-13(2)21(14-7-4-5-8-17(14)24-16)22(26)25-18-12-20-19(11-15(18)23)27-9-6-10-28-20/h4-5,7-8,11-12H,3,6,9-10H2,1-2H3,(H,25,26). The molecule has 0 bridgehead atoms. The third kappa shape index (κ3) is 3.38. The molecule has 4 rings (SSSR count). The van der Waals surface area contributed by atoms with Gasteiger partial charge in [0.1, 0.15) is 0 Å². The van der Waals surface area contributed by atoms with E-state index in [2.05, 4.69) is 10.3 Å². The summed E-state index contributed by atoms with van der Waals surface area (Å²) in [5.41, 5.74) is 3.71. The molecular formula is C22H21ClN2O3. The van der Waals surface area contributed by atoms with Gasteiger partial charge in [0.25, 0.3) is 5.91 Å². The number of pyridine rings is 1. The lowest BCUT2D eigenvalue weighted by atomic mass is 9.99. The zero-order chi connectivity index (χ0) is 19.7. The predicted molar refractivity (Wildman–Crippen MR) is 111 cm³/mol. The summed E-state index contributed by atoms with van der Waals surface area (Å²) < 4.78 is 11.4. The zero-order valence-electron chi connectivity index (χ0n) is 15.8. The van der Waals surface area contributed by atoms with Crippen molar-refractivity contribution in [2.45, 2.75) is 26.7 Å². The van der Waals surface area contributed by atoms with Gasteiger partial charge in [-0.25, -0.2) is 0 Å². The molecule has 0 radical (unpaired) electrons. The first kappa shape index (κ1) is 18.6. The SMILES string of the molecule is CCc1nc2ccccc2c(C(=O)Nc2cc3c(cc2Cl)OCCCO3)c1C. The number of para-hydroxylation sites is 1. The van der Waals surface area contributed by atoms with Gasteiger partial charge in [-0.15, -0.1) is 0 Å². The lowest BCUT2D eigenvalue weighted by Gasteiger charge is -2.16. The molecule has 2 aromatic carbocycles. The number of carbonyl (C=O) groups excluding carboxylic acids is 1. The van der Waals surface area contributed by atoms with Crippen molar-refractivity contribution < 1.29 is 14.3 Å². The summed E-state index contributed by atoms with van der Waals surface area (Å²) in [6.45, 7) is 5.11. The van der Waals surface area contributed by atoms with E-state index in [0.717, 1.165) is 35.0 Å². The van der Waals surface area contributed by atoms with Crippen molar-refractivity contribution in [3.8, 4) is 11.5 Å². The van der Waals surface area contributed by atoms with Crippen LogP contribution in [0.2, 0.25) is 5.02 Å². The topological polar surface area (TPSA) is 60.5 Å². The summed E-state index contributed by atoms with van der Waals surface area (Å²) in [6, 6.07) is 11.1. The number of carbonyl (C=O) groups is 1. The van der Waals surface area contributed by atoms with Gasteiger partial charge < -0.3 is 14.8 Å². The molecule has 6 heteroatoms. The number of benzene rings is 2. The van der Waals surface area contributed by atoms with E-state index >= 15 is 0 Å². The lowest BCUT2D eigenvalue weighted by molar-refractivity contribution is 0.102. The number of anilines is 1. The summed E-state index contributed by atoms with van der Waals surface area (Å²) in [5, 5.41) is 4.17. The average molecular weight is 397 g/mol. The predicted octanol–water partition coefficient (Wildman–Crippen LogP) is 5.17. The van der Waals surface area contributed by atoms with Gasteiger partial charge in [-0.2, -0.15) is 0 Å². The molecule has 0 spiro atoms. The van der Waals surface area contributed by atoms with E-state index in [-0.39, 0.29) is 5.91 Å². The van der Waals surface area contributed by atoms with Crippen LogP contribution < -0.4 is 14.8 Å². The summed E-state index contributed by atoms with van der Waals surface area (Å²) in [4.78, 5) is 17.9. The number of aryl methyl sites for hydroxylation is 1. The van der Waals surface area contributed by atoms with Crippen LogP contribution >= 0.6 is 11.6 Å². The number of halogens is 1. The van der Waals surface area contributed by atoms with E-state index < -0.39 is 0 Å². The minimum Gasteiger partial charge on any atom is -0.490 e. The summed E-state index contributed by atoms with van der Waals surface area (Å²) in [6.07, 6.45) is 1.55. The van der Waals surface area contributed by atoms with Gasteiger partial charge >= 0.3 is 0 Å². The van der Waals surface area contributed by atoms with Crippen LogP contribution in [0.15, 0.2) is 36.4 Å². The van der Waals surface area contributed by atoms with Crippen LogP contribution in [0.1, 0.15) is 35.0 Å². The molecule has 1 aliphatic rings. The van der Waals surface area contributed by atoms with Crippen LogP contribution in [-0.4, -0.2) is 24.1 Å². The van der Waals surface area contributed by atoms with Gasteiger partial charge in [0.2, 0.25) is 0 Å². The second kappa shape index (κ2) is 7.68. The zero-order valence-corrected chi connectivity index (χ0v) is 16.6. The molecule has 0 unspecified atom stereocenters. The van der Waals surface area contributed by atoms with Gasteiger partial charge in [-0.3, -0.25) is 9.78 Å². The van der Waals surface area contributed by atoms with Crippen LogP contribution in [0.5, 0.6) is 11.5 Å². The third-order valence-corrected chi connectivity index (χ3v) is 5.20. The van der Waals surface area contributed by atoms with E-state index in [4.69, 9.17) is 21.1 Å². The molecule has 3 aromatic rings. The largest absolute Gasteiger partial charge is 0.490 e. The smallest absolute Gasteiger partial charge is 0.256 e. The normalized spacial score (nSPS) is 13.2. The average Bonchev–Trinajstić information content (AvgIpc) is 2.92. The minimum atomic E-state index is -0.220. The minimum absolute atomic E-state index is 0.220. The van der Waals surface area contributed by atoms with Crippen LogP contribution in [0.4, 0.5) is 5.69 Å². The second-order valence-electron chi connectivity index (χ2n) is 6.71. The van der Waals surface area contributed by atoms with Crippen molar-refractivity contribution in [1.29, 1.82) is 0 Å². The van der Waals surface area contributed by atoms with E-state index in [1.165, 1.54) is 0 Å². The Kier molecular flexibility index (Phi) is 5.09. The summed E-state index contributed by atoms with van der Waals surface area (Å²) in [5.74, 6) is 0.962. The Balaban J connectivity index is 1.75. The molecule has 1 amide bonds. The summed E-state index contributed by atoms with van der Waals surface area (Å²) in [7, 11) is 0. The van der Waals surface area contributed by atoms with Crippen LogP contribution in [-0.2, 0) is 6.42 Å². The fourth-order valence-corrected chi connectivity index (χ4v) is 3.66. The molecule has 144 valence electrons. The van der Waals surface area contributed by atoms with E-state index in [9.17, 15) is 4.79 Å². The van der Waals surface area contributed by atoms with E-state index in [1.54, 1.807) is 12.1 Å². The molecule has 28 heavy (non-hydrogen) atoms. The molecule has 2 heterocycles. The lowest BCUT2D eigenvalue weighted by Crippen LogP contribution is -2.16. The van der Waals surface area contributed by atoms with Crippen molar-refractivity contribution in [3.63, 3.8) is 0 Å². The molecular weight excluding hydrogens is 376 g/mol. The Bertz CT molecular complexity index is 1070. The van der Waals surface area contributed by atoms with Crippen LogP contribution in [0.3, 0.4) is 0 Å². The maximum Gasteiger partial charge on any atom is 0.256 e. The monoisotopic (exact) mass is 396 g/mol. The number of hydrogen-bond acceptors (Lipinski definition) is 4. The first-order valence-electron chi connectivity index (χ1n) is 9.37. The first-order valence-corrected chi connectivity index (χ1v) is 9.75. The molecule has 5 nitrogen and oxygen atoms in total. The van der Waals surface area contributed by atoms with Crippen molar-refractivity contribution in [3.05, 3.63) is 58.2 Å². The highest BCUT2D eigenvalue weighted by atomic mass is 35.5. The summed E-state index contributed by atoms with van der Waals surface area (Å²) >= 11 is 6.40. The van der Waals surface area contributed by atoms with Gasteiger partial charge in [-0.05, 0) is 25.0 Å². The number of hydrogen-bond donors (Lipinski definition) is 1. The highest BCUT2D eigenvalue weighted by Crippen LogP contribution is 2.38. The van der Waals surface area contributed by atoms with Crippen LogP contribution in [0.25, 0.3) is 10.9 Å². The Morgan fingerprint density at radius 3 is 2.64 bits per heavy atom. The highest BCUT2D eigenvalue weighted by molar-refractivity contribution is 6.34. The number of fused-ring (bicyclic) bond motifs is 2. The molecule has 1 N–H and O–H groups in total. The number of nitrogens with zero attached hydrogens (tertiary/aromatic N) is 1. The number of aromatic nitrogens is 1. The Hall–Kier alpha value is -2.79. The van der Waals surface area contributed by atoms with E-state index in [1.807, 2.05) is 38.1 Å². The van der Waals surface area contributed by atoms with Crippen LogP contribution in [0, 0.1) is 6.92 Å². The maximum atomic E-state index is 13.2. The van der Waals surface area contributed by atoms with Crippen molar-refractivity contribution in [1.82, 2.24) is 4.98 Å². The number of amides is 1. The fraction of sp³-hybridized carbons (Fsp3) is 0.273. The Morgan fingerprint density at radius 1 is 1.18 bits per heavy atom. The van der Waals surface area contributed by atoms with E-state index in [0.29, 0.717) is 41.0 Å². The number of nitrogens with one attached hydrogen (secondary N) is 1. The molecule has 0 saturated carbocycles. The molecule has 0 atom stereocenters. The fourth-order valence-electron chi connectivity index (χ4n) is 3.46. The Labute approximate surface area is 168 Å². The molecule has 1 aromatic heterocycles. The molecule has 1 aliphatic heterocycles. The Morgan fingerprint density at radius 2 is 1.89 bits per heavy atom. The van der Waals surface area contributed by atoms with Crippen molar-refractivity contribution >= 4 is 34.1 Å². The highest BCUT2D eigenvalue weighted by Gasteiger charge is 2.20. The molecule has 0 saturated heterocycles. The third-order valence-electron chi connectivity index (χ3n) is 4.88.